The monoisotopic (exact) mass is 484 g/mol. The van der Waals surface area contributed by atoms with Gasteiger partial charge in [0.25, 0.3) is 0 Å². The zero-order valence-electron chi connectivity index (χ0n) is 20.3. The zero-order valence-corrected chi connectivity index (χ0v) is 20.3. The number of para-hydroxylation sites is 1. The second-order valence-electron chi connectivity index (χ2n) is 9.15. The Bertz CT molecular complexity index is 2010. The van der Waals surface area contributed by atoms with E-state index in [1.807, 2.05) is 103 Å². The molecule has 0 amide bonds. The van der Waals surface area contributed by atoms with Crippen molar-refractivity contribution in [1.82, 2.24) is 15.0 Å². The summed E-state index contributed by atoms with van der Waals surface area (Å²) in [6.07, 6.45) is 0. The zero-order chi connectivity index (χ0) is 25.5. The van der Waals surface area contributed by atoms with Gasteiger partial charge in [-0.15, -0.1) is 0 Å². The van der Waals surface area contributed by atoms with Crippen LogP contribution >= 0.6 is 0 Å². The standard InChI is InChI=1S/C34H20N4/c35-21-25-20-28-34(38-33(24-16-8-3-9-17-24)32(37-28)23-14-6-2-7-15-23)30-26-18-10-11-19-27(26)36-31(29(25)30)22-12-4-1-5-13-22/h1-20H. The first-order chi connectivity index (χ1) is 18.8. The Labute approximate surface area is 219 Å². The predicted octanol–water partition coefficient (Wildman–Crippen LogP) is 8.20. The minimum atomic E-state index is 0.533. The quantitative estimate of drug-likeness (QED) is 0.237. The summed E-state index contributed by atoms with van der Waals surface area (Å²) in [7, 11) is 0. The van der Waals surface area contributed by atoms with Gasteiger partial charge >= 0.3 is 0 Å². The van der Waals surface area contributed by atoms with E-state index in [0.717, 1.165) is 61.0 Å². The lowest BCUT2D eigenvalue weighted by molar-refractivity contribution is 1.30. The Kier molecular flexibility index (Phi) is 5.13. The van der Waals surface area contributed by atoms with Gasteiger partial charge in [0.1, 0.15) is 0 Å². The molecule has 0 bridgehead atoms. The molecule has 0 atom stereocenters. The van der Waals surface area contributed by atoms with Gasteiger partial charge in [0.2, 0.25) is 0 Å². The molecule has 4 nitrogen and oxygen atoms in total. The molecule has 0 spiro atoms. The van der Waals surface area contributed by atoms with E-state index in [0.29, 0.717) is 11.1 Å². The fourth-order valence-electron chi connectivity index (χ4n) is 5.15. The topological polar surface area (TPSA) is 62.5 Å². The summed E-state index contributed by atoms with van der Waals surface area (Å²) in [5, 5.41) is 13.0. The molecule has 7 rings (SSSR count). The van der Waals surface area contributed by atoms with Crippen LogP contribution in [0.25, 0.3) is 66.5 Å². The molecule has 2 aromatic heterocycles. The Balaban J connectivity index is 1.70. The second kappa shape index (κ2) is 8.92. The summed E-state index contributed by atoms with van der Waals surface area (Å²) < 4.78 is 0. The van der Waals surface area contributed by atoms with Crippen molar-refractivity contribution in [2.24, 2.45) is 0 Å². The van der Waals surface area contributed by atoms with Gasteiger partial charge in [-0.1, -0.05) is 109 Å². The van der Waals surface area contributed by atoms with Crippen molar-refractivity contribution in [3.8, 4) is 39.8 Å². The molecule has 38 heavy (non-hydrogen) atoms. The lowest BCUT2D eigenvalue weighted by atomic mass is 9.94. The van der Waals surface area contributed by atoms with Gasteiger partial charge in [-0.2, -0.15) is 5.26 Å². The van der Waals surface area contributed by atoms with E-state index in [1.165, 1.54) is 0 Å². The highest BCUT2D eigenvalue weighted by molar-refractivity contribution is 6.22. The third-order valence-corrected chi connectivity index (χ3v) is 6.86. The molecule has 7 aromatic rings. The summed E-state index contributed by atoms with van der Waals surface area (Å²) in [5.74, 6) is 0. The van der Waals surface area contributed by atoms with E-state index in [2.05, 4.69) is 24.3 Å². The number of pyridine rings is 1. The summed E-state index contributed by atoms with van der Waals surface area (Å²) >= 11 is 0. The van der Waals surface area contributed by atoms with Crippen LogP contribution in [-0.2, 0) is 0 Å². The third-order valence-electron chi connectivity index (χ3n) is 6.86. The van der Waals surface area contributed by atoms with Crippen LogP contribution in [-0.4, -0.2) is 15.0 Å². The Morgan fingerprint density at radius 1 is 0.474 bits per heavy atom. The lowest BCUT2D eigenvalue weighted by Gasteiger charge is -2.16. The van der Waals surface area contributed by atoms with Crippen molar-refractivity contribution in [2.45, 2.75) is 0 Å². The minimum absolute atomic E-state index is 0.533. The van der Waals surface area contributed by atoms with E-state index in [4.69, 9.17) is 15.0 Å². The van der Waals surface area contributed by atoms with Crippen LogP contribution in [0.15, 0.2) is 121 Å². The van der Waals surface area contributed by atoms with Gasteiger partial charge in [0, 0.05) is 32.8 Å². The summed E-state index contributed by atoms with van der Waals surface area (Å²) in [4.78, 5) is 15.5. The third kappa shape index (κ3) is 3.49. The molecule has 2 heterocycles. The lowest BCUT2D eigenvalue weighted by Crippen LogP contribution is -1.99. The van der Waals surface area contributed by atoms with Crippen LogP contribution in [0.2, 0.25) is 0 Å². The van der Waals surface area contributed by atoms with Crippen LogP contribution in [0.1, 0.15) is 5.56 Å². The van der Waals surface area contributed by atoms with Gasteiger partial charge in [-0.05, 0) is 12.1 Å². The molecule has 0 saturated heterocycles. The molecule has 0 saturated carbocycles. The maximum atomic E-state index is 10.3. The van der Waals surface area contributed by atoms with Gasteiger partial charge in [0.15, 0.2) is 0 Å². The number of fused-ring (bicyclic) bond motifs is 5. The number of aromatic nitrogens is 3. The first-order valence-corrected chi connectivity index (χ1v) is 12.5. The highest BCUT2D eigenvalue weighted by Crippen LogP contribution is 2.40. The first-order valence-electron chi connectivity index (χ1n) is 12.5. The van der Waals surface area contributed by atoms with Crippen molar-refractivity contribution in [3.63, 3.8) is 0 Å². The predicted molar refractivity (Wildman–Crippen MR) is 153 cm³/mol. The molecule has 0 radical (unpaired) electrons. The van der Waals surface area contributed by atoms with Crippen molar-refractivity contribution in [2.75, 3.05) is 0 Å². The van der Waals surface area contributed by atoms with E-state index in [9.17, 15) is 5.26 Å². The highest BCUT2D eigenvalue weighted by atomic mass is 14.8. The van der Waals surface area contributed by atoms with Crippen LogP contribution in [0.4, 0.5) is 0 Å². The summed E-state index contributed by atoms with van der Waals surface area (Å²) in [5.41, 5.74) is 8.10. The molecule has 0 unspecified atom stereocenters. The van der Waals surface area contributed by atoms with Crippen LogP contribution in [0, 0.1) is 11.3 Å². The van der Waals surface area contributed by atoms with Gasteiger partial charge in [0.05, 0.1) is 45.3 Å². The normalized spacial score (nSPS) is 11.1. The average Bonchev–Trinajstić information content (AvgIpc) is 3.00. The van der Waals surface area contributed by atoms with Crippen molar-refractivity contribution in [1.29, 1.82) is 5.26 Å². The van der Waals surface area contributed by atoms with Gasteiger partial charge in [-0.25, -0.2) is 15.0 Å². The number of nitriles is 1. The molecule has 5 aromatic carbocycles. The number of hydrogen-bond donors (Lipinski definition) is 0. The fraction of sp³-hybridized carbons (Fsp3) is 0. The molecule has 176 valence electrons. The SMILES string of the molecule is N#Cc1cc2nc(-c3ccccc3)c(-c3ccccc3)nc2c2c1c(-c1ccccc1)nc1ccccc12. The summed E-state index contributed by atoms with van der Waals surface area (Å²) in [6.45, 7) is 0. The van der Waals surface area contributed by atoms with E-state index in [1.54, 1.807) is 0 Å². The Hall–Kier alpha value is -5.40. The molecule has 0 fully saturated rings. The number of rotatable bonds is 3. The molecular weight excluding hydrogens is 464 g/mol. The maximum Gasteiger partial charge on any atom is 0.0999 e. The Morgan fingerprint density at radius 3 is 1.58 bits per heavy atom. The smallest absolute Gasteiger partial charge is 0.0999 e. The summed E-state index contributed by atoms with van der Waals surface area (Å²) in [6, 6.07) is 42.6. The van der Waals surface area contributed by atoms with Crippen molar-refractivity contribution >= 4 is 32.7 Å². The van der Waals surface area contributed by atoms with Crippen LogP contribution in [0.3, 0.4) is 0 Å². The fourth-order valence-corrected chi connectivity index (χ4v) is 5.15. The van der Waals surface area contributed by atoms with E-state index < -0.39 is 0 Å². The average molecular weight is 485 g/mol. The minimum Gasteiger partial charge on any atom is -0.247 e. The molecule has 0 aliphatic heterocycles. The molecule has 0 aliphatic carbocycles. The highest BCUT2D eigenvalue weighted by Gasteiger charge is 2.21. The number of benzene rings is 5. The van der Waals surface area contributed by atoms with E-state index >= 15 is 0 Å². The van der Waals surface area contributed by atoms with Crippen LogP contribution in [0.5, 0.6) is 0 Å². The van der Waals surface area contributed by atoms with E-state index in [-0.39, 0.29) is 0 Å². The molecule has 0 N–H and O–H groups in total. The first kappa shape index (κ1) is 21.8. The molecule has 0 aliphatic rings. The number of nitrogens with zero attached hydrogens (tertiary/aromatic N) is 4. The van der Waals surface area contributed by atoms with Crippen molar-refractivity contribution in [3.05, 3.63) is 127 Å². The second-order valence-corrected chi connectivity index (χ2v) is 9.15. The van der Waals surface area contributed by atoms with Gasteiger partial charge < -0.3 is 0 Å². The van der Waals surface area contributed by atoms with Crippen molar-refractivity contribution < 1.29 is 0 Å². The Morgan fingerprint density at radius 2 is 0.974 bits per heavy atom. The maximum absolute atomic E-state index is 10.3. The van der Waals surface area contributed by atoms with Gasteiger partial charge in [-0.3, -0.25) is 0 Å². The number of hydrogen-bond acceptors (Lipinski definition) is 4. The molecular formula is C34H20N4. The van der Waals surface area contributed by atoms with Crippen LogP contribution < -0.4 is 0 Å². The molecule has 4 heteroatoms. The largest absolute Gasteiger partial charge is 0.247 e.